The van der Waals surface area contributed by atoms with Gasteiger partial charge in [0.2, 0.25) is 0 Å². The summed E-state index contributed by atoms with van der Waals surface area (Å²) in [5, 5.41) is 10.3. The molecule has 1 aliphatic rings. The van der Waals surface area contributed by atoms with Crippen LogP contribution >= 0.6 is 0 Å². The number of nitrogens with zero attached hydrogens (tertiary/aromatic N) is 1. The molecule has 1 saturated heterocycles. The summed E-state index contributed by atoms with van der Waals surface area (Å²) in [6.45, 7) is 1.85. The lowest BCUT2D eigenvalue weighted by Gasteiger charge is -2.16. The normalized spacial score (nSPS) is 23.5. The highest BCUT2D eigenvalue weighted by atomic mass is 16.5. The number of H-pyrrole nitrogens is 1. The summed E-state index contributed by atoms with van der Waals surface area (Å²) in [5.74, 6) is 0. The molecule has 1 unspecified atom stereocenters. The summed E-state index contributed by atoms with van der Waals surface area (Å²) in [6, 6.07) is 10.0. The number of hydrogen-bond acceptors (Lipinski definition) is 4. The van der Waals surface area contributed by atoms with Gasteiger partial charge in [0.15, 0.2) is 0 Å². The number of aromatic amines is 1. The highest BCUT2D eigenvalue weighted by Gasteiger charge is 2.35. The van der Waals surface area contributed by atoms with Gasteiger partial charge in [-0.25, -0.2) is 4.79 Å². The second kappa shape index (κ2) is 7.15. The molecule has 0 bridgehead atoms. The van der Waals surface area contributed by atoms with Crippen molar-refractivity contribution >= 4 is 0 Å². The second-order valence-electron chi connectivity index (χ2n) is 6.13. The summed E-state index contributed by atoms with van der Waals surface area (Å²) in [4.78, 5) is 26.0. The van der Waals surface area contributed by atoms with Gasteiger partial charge in [0, 0.05) is 18.2 Å². The standard InChI is InChI=1S/C18H22N2O4/c1-2-13-11-20(18(23)19-17(13)22)16-10-14(21)15(24-16)9-8-12-6-4-3-5-7-12/h3-7,11,14-16,21H,2,8-10H2,1H3,(H,19,22,23)/t14?,15-,16-/m0/s1. The molecule has 0 spiro atoms. The van der Waals surface area contributed by atoms with Crippen LogP contribution in [0.25, 0.3) is 0 Å². The van der Waals surface area contributed by atoms with Crippen molar-refractivity contribution in [2.24, 2.45) is 0 Å². The predicted octanol–water partition coefficient (Wildman–Crippen LogP) is 1.38. The average molecular weight is 330 g/mol. The number of hydrogen-bond donors (Lipinski definition) is 2. The topological polar surface area (TPSA) is 84.3 Å². The van der Waals surface area contributed by atoms with Gasteiger partial charge in [-0.1, -0.05) is 37.3 Å². The molecule has 1 fully saturated rings. The molecule has 0 aliphatic carbocycles. The Bertz CT molecular complexity index is 797. The highest BCUT2D eigenvalue weighted by Crippen LogP contribution is 2.30. The van der Waals surface area contributed by atoms with Gasteiger partial charge in [0.25, 0.3) is 5.56 Å². The molecule has 0 amide bonds. The smallest absolute Gasteiger partial charge is 0.330 e. The van der Waals surface area contributed by atoms with E-state index in [1.54, 1.807) is 0 Å². The van der Waals surface area contributed by atoms with Gasteiger partial charge in [-0.3, -0.25) is 14.3 Å². The molecule has 6 nitrogen and oxygen atoms in total. The molecule has 0 saturated carbocycles. The number of aliphatic hydroxyl groups excluding tert-OH is 1. The van der Waals surface area contributed by atoms with E-state index in [4.69, 9.17) is 4.74 Å². The first kappa shape index (κ1) is 16.7. The van der Waals surface area contributed by atoms with E-state index in [0.29, 0.717) is 24.8 Å². The Hall–Kier alpha value is -2.18. The largest absolute Gasteiger partial charge is 0.390 e. The maximum absolute atomic E-state index is 12.0. The van der Waals surface area contributed by atoms with Gasteiger partial charge in [-0.05, 0) is 24.8 Å². The van der Waals surface area contributed by atoms with Crippen LogP contribution < -0.4 is 11.2 Å². The van der Waals surface area contributed by atoms with Crippen molar-refractivity contribution in [2.45, 2.75) is 51.0 Å². The minimum atomic E-state index is -0.623. The van der Waals surface area contributed by atoms with Crippen molar-refractivity contribution in [1.82, 2.24) is 9.55 Å². The van der Waals surface area contributed by atoms with Crippen molar-refractivity contribution in [3.05, 3.63) is 68.5 Å². The molecule has 2 heterocycles. The number of aromatic nitrogens is 2. The lowest BCUT2D eigenvalue weighted by atomic mass is 10.0. The summed E-state index contributed by atoms with van der Waals surface area (Å²) < 4.78 is 7.27. The number of rotatable bonds is 5. The van der Waals surface area contributed by atoms with Crippen LogP contribution in [0.15, 0.2) is 46.1 Å². The van der Waals surface area contributed by atoms with Crippen LogP contribution in [0.3, 0.4) is 0 Å². The maximum Gasteiger partial charge on any atom is 0.330 e. The van der Waals surface area contributed by atoms with Gasteiger partial charge in [0.1, 0.15) is 6.23 Å². The third kappa shape index (κ3) is 3.49. The van der Waals surface area contributed by atoms with Crippen LogP contribution in [-0.2, 0) is 17.6 Å². The van der Waals surface area contributed by atoms with E-state index in [9.17, 15) is 14.7 Å². The molecule has 1 aromatic carbocycles. The van der Waals surface area contributed by atoms with Crippen molar-refractivity contribution in [1.29, 1.82) is 0 Å². The van der Waals surface area contributed by atoms with Gasteiger partial charge >= 0.3 is 5.69 Å². The first-order valence-electron chi connectivity index (χ1n) is 8.30. The molecule has 2 aromatic rings. The van der Waals surface area contributed by atoms with Crippen molar-refractivity contribution in [3.8, 4) is 0 Å². The number of aryl methyl sites for hydroxylation is 2. The monoisotopic (exact) mass is 330 g/mol. The zero-order valence-electron chi connectivity index (χ0n) is 13.6. The summed E-state index contributed by atoms with van der Waals surface area (Å²) in [7, 11) is 0. The van der Waals surface area contributed by atoms with Crippen molar-refractivity contribution in [3.63, 3.8) is 0 Å². The SMILES string of the molecule is CCc1cn([C@@H]2CC(O)[C@H](CCc3ccccc3)O2)c(=O)[nH]c1=O. The van der Waals surface area contributed by atoms with Crippen LogP contribution in [0.5, 0.6) is 0 Å². The van der Waals surface area contributed by atoms with E-state index in [-0.39, 0.29) is 11.7 Å². The number of nitrogens with one attached hydrogen (secondary N) is 1. The fourth-order valence-corrected chi connectivity index (χ4v) is 3.09. The van der Waals surface area contributed by atoms with E-state index in [1.165, 1.54) is 16.3 Å². The lowest BCUT2D eigenvalue weighted by Crippen LogP contribution is -2.34. The van der Waals surface area contributed by atoms with Gasteiger partial charge in [-0.2, -0.15) is 0 Å². The number of benzene rings is 1. The first-order valence-corrected chi connectivity index (χ1v) is 8.30. The minimum absolute atomic E-state index is 0.320. The van der Waals surface area contributed by atoms with Gasteiger partial charge < -0.3 is 9.84 Å². The summed E-state index contributed by atoms with van der Waals surface area (Å²) >= 11 is 0. The van der Waals surface area contributed by atoms with Crippen molar-refractivity contribution in [2.75, 3.05) is 0 Å². The van der Waals surface area contributed by atoms with E-state index in [2.05, 4.69) is 4.98 Å². The van der Waals surface area contributed by atoms with Crippen LogP contribution in [0.2, 0.25) is 0 Å². The van der Waals surface area contributed by atoms with E-state index >= 15 is 0 Å². The molecule has 128 valence electrons. The molecular formula is C18H22N2O4. The van der Waals surface area contributed by atoms with Crippen LogP contribution in [0, 0.1) is 0 Å². The Labute approximate surface area is 139 Å². The molecule has 2 N–H and O–H groups in total. The molecule has 0 radical (unpaired) electrons. The Kier molecular flexibility index (Phi) is 4.97. The fraction of sp³-hybridized carbons (Fsp3) is 0.444. The van der Waals surface area contributed by atoms with Crippen LogP contribution in [-0.4, -0.2) is 26.9 Å². The Morgan fingerprint density at radius 2 is 2.04 bits per heavy atom. The highest BCUT2D eigenvalue weighted by molar-refractivity contribution is 5.15. The van der Waals surface area contributed by atoms with Crippen molar-refractivity contribution < 1.29 is 9.84 Å². The van der Waals surface area contributed by atoms with E-state index in [1.807, 2.05) is 37.3 Å². The Morgan fingerprint density at radius 3 is 2.75 bits per heavy atom. The molecule has 3 atom stereocenters. The predicted molar refractivity (Wildman–Crippen MR) is 90.0 cm³/mol. The van der Waals surface area contributed by atoms with E-state index in [0.717, 1.165) is 6.42 Å². The number of ether oxygens (including phenoxy) is 1. The second-order valence-corrected chi connectivity index (χ2v) is 6.13. The molecule has 3 rings (SSSR count). The maximum atomic E-state index is 12.0. The molecular weight excluding hydrogens is 308 g/mol. The zero-order chi connectivity index (χ0) is 17.1. The Morgan fingerprint density at radius 1 is 1.29 bits per heavy atom. The summed E-state index contributed by atoms with van der Waals surface area (Å²) in [6.07, 6.45) is 2.41. The van der Waals surface area contributed by atoms with Gasteiger partial charge in [0.05, 0.1) is 12.2 Å². The quantitative estimate of drug-likeness (QED) is 0.867. The molecule has 1 aromatic heterocycles. The first-order chi connectivity index (χ1) is 11.6. The average Bonchev–Trinajstić information content (AvgIpc) is 2.95. The Balaban J connectivity index is 1.72. The molecule has 24 heavy (non-hydrogen) atoms. The van der Waals surface area contributed by atoms with Crippen LogP contribution in [0.1, 0.15) is 37.1 Å². The van der Waals surface area contributed by atoms with Crippen LogP contribution in [0.4, 0.5) is 0 Å². The zero-order valence-corrected chi connectivity index (χ0v) is 13.6. The minimum Gasteiger partial charge on any atom is -0.390 e. The fourth-order valence-electron chi connectivity index (χ4n) is 3.09. The van der Waals surface area contributed by atoms with E-state index < -0.39 is 18.0 Å². The molecule has 1 aliphatic heterocycles. The van der Waals surface area contributed by atoms with Gasteiger partial charge in [-0.15, -0.1) is 0 Å². The lowest BCUT2D eigenvalue weighted by molar-refractivity contribution is -0.0240. The number of aliphatic hydroxyl groups is 1. The molecule has 6 heteroatoms. The summed E-state index contributed by atoms with van der Waals surface area (Å²) in [5.41, 5.74) is 0.850. The third-order valence-electron chi connectivity index (χ3n) is 4.50. The third-order valence-corrected chi connectivity index (χ3v) is 4.50.